The topological polar surface area (TPSA) is 70.5 Å². The van der Waals surface area contributed by atoms with Crippen LogP contribution < -0.4 is 5.56 Å². The summed E-state index contributed by atoms with van der Waals surface area (Å²) in [5, 5.41) is 4.08. The average Bonchev–Trinajstić information content (AvgIpc) is 3.18. The van der Waals surface area contributed by atoms with Crippen molar-refractivity contribution in [2.75, 3.05) is 19.8 Å². The third-order valence-corrected chi connectivity index (χ3v) is 6.49. The summed E-state index contributed by atoms with van der Waals surface area (Å²) in [5.74, 6) is 0.307. The Morgan fingerprint density at radius 3 is 2.57 bits per heavy atom. The fourth-order valence-corrected chi connectivity index (χ4v) is 4.67. The Balaban J connectivity index is 1.45. The van der Waals surface area contributed by atoms with Crippen LogP contribution in [0.4, 0.5) is 4.39 Å². The molecule has 3 aromatic rings. The van der Waals surface area contributed by atoms with Crippen LogP contribution in [0.5, 0.6) is 0 Å². The summed E-state index contributed by atoms with van der Waals surface area (Å²) in [6.07, 6.45) is 7.80. The van der Waals surface area contributed by atoms with Crippen LogP contribution in [-0.4, -0.2) is 45.2 Å². The van der Waals surface area contributed by atoms with Crippen molar-refractivity contribution in [1.82, 2.24) is 19.5 Å². The van der Waals surface area contributed by atoms with Gasteiger partial charge in [-0.3, -0.25) is 14.0 Å². The van der Waals surface area contributed by atoms with E-state index in [1.807, 2.05) is 12.1 Å². The number of H-pyrrole nitrogens is 1. The van der Waals surface area contributed by atoms with Crippen molar-refractivity contribution in [2.45, 2.75) is 38.0 Å². The van der Waals surface area contributed by atoms with Gasteiger partial charge in [0.15, 0.2) is 5.65 Å². The van der Waals surface area contributed by atoms with Crippen LogP contribution in [0, 0.1) is 5.92 Å². The third-order valence-electron chi connectivity index (χ3n) is 6.49. The summed E-state index contributed by atoms with van der Waals surface area (Å²) in [4.78, 5) is 30.2. The van der Waals surface area contributed by atoms with Crippen molar-refractivity contribution in [3.8, 4) is 11.3 Å². The number of carbonyl (C=O) groups excluding carboxylic acids is 1. The molecule has 1 aromatic carbocycles. The number of carbonyl (C=O) groups is 1. The molecule has 5 rings (SSSR count). The second kappa shape index (κ2) is 7.70. The maximum absolute atomic E-state index is 12.8. The number of nitrogens with zero attached hydrogens (tertiary/aromatic N) is 3. The van der Waals surface area contributed by atoms with Gasteiger partial charge in [0.1, 0.15) is 5.56 Å². The molecule has 0 bridgehead atoms. The van der Waals surface area contributed by atoms with E-state index in [9.17, 15) is 14.0 Å². The number of hydrogen-bond acceptors (Lipinski definition) is 3. The minimum absolute atomic E-state index is 0.0897. The second-order valence-electron chi connectivity index (χ2n) is 8.53. The first kappa shape index (κ1) is 19.0. The maximum Gasteiger partial charge on any atom is 0.274 e. The number of halogens is 1. The lowest BCUT2D eigenvalue weighted by atomic mass is 9.84. The number of nitrogens with one attached hydrogen (secondary N) is 1. The lowest BCUT2D eigenvalue weighted by molar-refractivity contribution is 0.0454. The van der Waals surface area contributed by atoms with Crippen LogP contribution in [0.25, 0.3) is 16.9 Å². The van der Waals surface area contributed by atoms with Crippen LogP contribution in [-0.2, 0) is 0 Å². The fraction of sp³-hybridized carbons (Fsp3) is 0.435. The monoisotopic (exact) mass is 408 g/mol. The smallest absolute Gasteiger partial charge is 0.274 e. The lowest BCUT2D eigenvalue weighted by Gasteiger charge is -2.37. The molecule has 0 unspecified atom stereocenters. The third kappa shape index (κ3) is 3.32. The molecule has 30 heavy (non-hydrogen) atoms. The Bertz CT molecular complexity index is 1120. The Kier molecular flexibility index (Phi) is 4.89. The van der Waals surface area contributed by atoms with Gasteiger partial charge in [-0.25, -0.2) is 0 Å². The zero-order valence-corrected chi connectivity index (χ0v) is 16.8. The lowest BCUT2D eigenvalue weighted by Crippen LogP contribution is -2.50. The van der Waals surface area contributed by atoms with Crippen molar-refractivity contribution >= 4 is 11.6 Å². The molecule has 1 amide bonds. The molecule has 6 nitrogen and oxygen atoms in total. The quantitative estimate of drug-likeness (QED) is 0.714. The first-order valence-electron chi connectivity index (χ1n) is 10.7. The highest BCUT2D eigenvalue weighted by atomic mass is 19.1. The van der Waals surface area contributed by atoms with Crippen molar-refractivity contribution in [1.29, 1.82) is 0 Å². The zero-order chi connectivity index (χ0) is 20.7. The number of fused-ring (bicyclic) bond motifs is 1. The molecule has 0 atom stereocenters. The highest BCUT2D eigenvalue weighted by Crippen LogP contribution is 2.33. The largest absolute Gasteiger partial charge is 0.339 e. The predicted molar refractivity (Wildman–Crippen MR) is 112 cm³/mol. The standard InChI is InChI=1S/C23H25FN4O2/c24-11-15-13-27(14-15)23(30)19-12-25-28-21(29)10-20(26-22(19)28)18-8-6-17(7-9-18)16-4-2-1-3-5-16/h6-10,12,15-16,26H,1-5,11,13-14H2. The van der Waals surface area contributed by atoms with Crippen LogP contribution in [0.2, 0.25) is 0 Å². The zero-order valence-electron chi connectivity index (χ0n) is 16.8. The Hall–Kier alpha value is -2.96. The van der Waals surface area contributed by atoms with E-state index >= 15 is 0 Å². The molecule has 156 valence electrons. The molecular weight excluding hydrogens is 383 g/mol. The van der Waals surface area contributed by atoms with Gasteiger partial charge in [0, 0.05) is 25.1 Å². The van der Waals surface area contributed by atoms with Crippen molar-refractivity contribution in [3.63, 3.8) is 0 Å². The number of amides is 1. The van der Waals surface area contributed by atoms with Crippen LogP contribution >= 0.6 is 0 Å². The van der Waals surface area contributed by atoms with E-state index in [1.165, 1.54) is 54.4 Å². The Morgan fingerprint density at radius 2 is 1.87 bits per heavy atom. The number of alkyl halides is 1. The molecule has 1 N–H and O–H groups in total. The van der Waals surface area contributed by atoms with Gasteiger partial charge >= 0.3 is 0 Å². The number of rotatable bonds is 4. The summed E-state index contributed by atoms with van der Waals surface area (Å²) < 4.78 is 13.9. The van der Waals surface area contributed by atoms with Gasteiger partial charge in [-0.1, -0.05) is 43.5 Å². The van der Waals surface area contributed by atoms with Gasteiger partial charge in [-0.05, 0) is 29.9 Å². The number of benzene rings is 1. The van der Waals surface area contributed by atoms with Gasteiger partial charge in [-0.2, -0.15) is 9.61 Å². The molecule has 2 aromatic heterocycles. The Labute approximate surface area is 173 Å². The average molecular weight is 408 g/mol. The molecule has 0 radical (unpaired) electrons. The number of hydrogen-bond donors (Lipinski definition) is 1. The summed E-state index contributed by atoms with van der Waals surface area (Å²) >= 11 is 0. The highest BCUT2D eigenvalue weighted by Gasteiger charge is 2.32. The summed E-state index contributed by atoms with van der Waals surface area (Å²) in [6, 6.07) is 9.86. The van der Waals surface area contributed by atoms with Crippen LogP contribution in [0.1, 0.15) is 53.9 Å². The molecule has 7 heteroatoms. The molecule has 3 heterocycles. The minimum atomic E-state index is -0.420. The molecule has 0 spiro atoms. The predicted octanol–water partition coefficient (Wildman–Crippen LogP) is 3.78. The minimum Gasteiger partial charge on any atom is -0.339 e. The first-order chi connectivity index (χ1) is 14.6. The number of aromatic amines is 1. The van der Waals surface area contributed by atoms with E-state index in [0.717, 1.165) is 5.56 Å². The molecule has 1 aliphatic carbocycles. The van der Waals surface area contributed by atoms with Crippen molar-refractivity contribution in [2.24, 2.45) is 5.92 Å². The van der Waals surface area contributed by atoms with E-state index in [4.69, 9.17) is 0 Å². The highest BCUT2D eigenvalue weighted by molar-refractivity contribution is 6.00. The van der Waals surface area contributed by atoms with E-state index in [1.54, 1.807) is 4.90 Å². The molecular formula is C23H25FN4O2. The Morgan fingerprint density at radius 1 is 1.13 bits per heavy atom. The van der Waals surface area contributed by atoms with E-state index in [-0.39, 0.29) is 17.4 Å². The van der Waals surface area contributed by atoms with E-state index in [0.29, 0.717) is 35.9 Å². The maximum atomic E-state index is 12.8. The van der Waals surface area contributed by atoms with Gasteiger partial charge < -0.3 is 9.88 Å². The van der Waals surface area contributed by atoms with E-state index in [2.05, 4.69) is 22.2 Å². The summed E-state index contributed by atoms with van der Waals surface area (Å²) in [5.41, 5.74) is 3.33. The van der Waals surface area contributed by atoms with Gasteiger partial charge in [0.2, 0.25) is 0 Å². The van der Waals surface area contributed by atoms with Crippen LogP contribution in [0.15, 0.2) is 41.3 Å². The summed E-state index contributed by atoms with van der Waals surface area (Å²) in [6.45, 7) is 0.384. The second-order valence-corrected chi connectivity index (χ2v) is 8.53. The molecule has 1 saturated heterocycles. The van der Waals surface area contributed by atoms with Crippen molar-refractivity contribution in [3.05, 3.63) is 58.0 Å². The van der Waals surface area contributed by atoms with Crippen molar-refractivity contribution < 1.29 is 9.18 Å². The molecule has 1 saturated carbocycles. The normalized spacial score (nSPS) is 18.0. The molecule has 2 aliphatic rings. The molecule has 2 fully saturated rings. The van der Waals surface area contributed by atoms with Gasteiger partial charge in [0.05, 0.1) is 18.6 Å². The molecule has 1 aliphatic heterocycles. The summed E-state index contributed by atoms with van der Waals surface area (Å²) in [7, 11) is 0. The van der Waals surface area contributed by atoms with Crippen LogP contribution in [0.3, 0.4) is 0 Å². The van der Waals surface area contributed by atoms with Gasteiger partial charge in [-0.15, -0.1) is 0 Å². The SMILES string of the molecule is O=C(c1cnn2c(=O)cc(-c3ccc(C4CCCCC4)cc3)[nH]c12)N1CC(CF)C1. The fourth-order valence-electron chi connectivity index (χ4n) is 4.67. The number of aromatic nitrogens is 3. The first-order valence-corrected chi connectivity index (χ1v) is 10.7. The van der Waals surface area contributed by atoms with E-state index < -0.39 is 6.67 Å². The number of likely N-dealkylation sites (tertiary alicyclic amines) is 1. The van der Waals surface area contributed by atoms with Gasteiger partial charge in [0.25, 0.3) is 11.5 Å².